The summed E-state index contributed by atoms with van der Waals surface area (Å²) in [5, 5.41) is 2.80. The van der Waals surface area contributed by atoms with Gasteiger partial charge in [0.1, 0.15) is 5.75 Å². The van der Waals surface area contributed by atoms with E-state index in [1.807, 2.05) is 30.1 Å². The third-order valence-corrected chi connectivity index (χ3v) is 5.34. The molecule has 1 N–H and O–H groups in total. The second-order valence-electron chi connectivity index (χ2n) is 7.67. The van der Waals surface area contributed by atoms with Gasteiger partial charge in [0, 0.05) is 19.6 Å². The summed E-state index contributed by atoms with van der Waals surface area (Å²) in [7, 11) is 1.91. The Bertz CT molecular complexity index is 668. The van der Waals surface area contributed by atoms with E-state index in [9.17, 15) is 9.59 Å². The van der Waals surface area contributed by atoms with Crippen LogP contribution in [0.3, 0.4) is 0 Å². The molecule has 0 radical (unpaired) electrons. The Morgan fingerprint density at radius 1 is 1.31 bits per heavy atom. The predicted molar refractivity (Wildman–Crippen MR) is 101 cm³/mol. The fraction of sp³-hybridized carbons (Fsp3) is 0.600. The number of amides is 2. The standard InChI is InChI=1S/C20H29N3O3/c1-14(2)17(12-23-8-4-5-9-23)22(3)20(25)11-15-6-7-18-16(10-15)21-19(24)13-26-18/h6-7,10,14,17H,4-5,8-9,11-13H2,1-3H3,(H,21,24)/t17-/m1/s1. The molecule has 1 aromatic carbocycles. The molecule has 26 heavy (non-hydrogen) atoms. The van der Waals surface area contributed by atoms with Crippen molar-refractivity contribution >= 4 is 17.5 Å². The molecule has 2 aliphatic heterocycles. The van der Waals surface area contributed by atoms with E-state index in [0.29, 0.717) is 23.8 Å². The van der Waals surface area contributed by atoms with Crippen molar-refractivity contribution < 1.29 is 14.3 Å². The van der Waals surface area contributed by atoms with Gasteiger partial charge in [0.05, 0.1) is 12.1 Å². The summed E-state index contributed by atoms with van der Waals surface area (Å²) in [4.78, 5) is 28.7. The zero-order valence-electron chi connectivity index (χ0n) is 16.0. The molecule has 0 bridgehead atoms. The fourth-order valence-electron chi connectivity index (χ4n) is 3.73. The third kappa shape index (κ3) is 4.36. The highest BCUT2D eigenvalue weighted by Gasteiger charge is 2.27. The summed E-state index contributed by atoms with van der Waals surface area (Å²) in [6, 6.07) is 5.76. The molecule has 0 saturated carbocycles. The molecule has 6 nitrogen and oxygen atoms in total. The molecule has 2 aliphatic rings. The number of ether oxygens (including phenoxy) is 1. The Balaban J connectivity index is 1.65. The first-order valence-electron chi connectivity index (χ1n) is 9.47. The Labute approximate surface area is 155 Å². The maximum atomic E-state index is 12.9. The Morgan fingerprint density at radius 2 is 2.04 bits per heavy atom. The molecule has 1 atom stereocenters. The van der Waals surface area contributed by atoms with Gasteiger partial charge < -0.3 is 19.9 Å². The minimum Gasteiger partial charge on any atom is -0.482 e. The van der Waals surface area contributed by atoms with Crippen LogP contribution >= 0.6 is 0 Å². The molecule has 0 unspecified atom stereocenters. The highest BCUT2D eigenvalue weighted by Crippen LogP contribution is 2.29. The van der Waals surface area contributed by atoms with E-state index in [0.717, 1.165) is 25.2 Å². The Hall–Kier alpha value is -2.08. The summed E-state index contributed by atoms with van der Waals surface area (Å²) in [5.41, 5.74) is 1.53. The molecule has 0 aliphatic carbocycles. The molecule has 1 aromatic rings. The number of anilines is 1. The number of nitrogens with one attached hydrogen (secondary N) is 1. The lowest BCUT2D eigenvalue weighted by Crippen LogP contribution is -2.47. The number of benzene rings is 1. The molecule has 3 rings (SSSR count). The zero-order chi connectivity index (χ0) is 18.7. The van der Waals surface area contributed by atoms with Crippen molar-refractivity contribution in [1.29, 1.82) is 0 Å². The van der Waals surface area contributed by atoms with Crippen LogP contribution in [0.25, 0.3) is 0 Å². The van der Waals surface area contributed by atoms with Gasteiger partial charge in [0.15, 0.2) is 6.61 Å². The zero-order valence-corrected chi connectivity index (χ0v) is 16.0. The Morgan fingerprint density at radius 3 is 2.73 bits per heavy atom. The number of likely N-dealkylation sites (tertiary alicyclic amines) is 1. The van der Waals surface area contributed by atoms with Gasteiger partial charge in [-0.1, -0.05) is 19.9 Å². The minimum atomic E-state index is -0.163. The molecule has 0 spiro atoms. The van der Waals surface area contributed by atoms with Gasteiger partial charge in [-0.25, -0.2) is 0 Å². The molecule has 6 heteroatoms. The van der Waals surface area contributed by atoms with Crippen molar-refractivity contribution in [3.63, 3.8) is 0 Å². The van der Waals surface area contributed by atoms with Gasteiger partial charge in [-0.05, 0) is 49.5 Å². The van der Waals surface area contributed by atoms with Crippen molar-refractivity contribution in [2.24, 2.45) is 5.92 Å². The van der Waals surface area contributed by atoms with E-state index in [1.54, 1.807) is 0 Å². The SMILES string of the molecule is CC(C)[C@@H](CN1CCCC1)N(C)C(=O)Cc1ccc2c(c1)NC(=O)CO2. The number of rotatable bonds is 6. The lowest BCUT2D eigenvalue weighted by atomic mass is 10.0. The summed E-state index contributed by atoms with van der Waals surface area (Å²) in [6.07, 6.45) is 2.83. The smallest absolute Gasteiger partial charge is 0.262 e. The van der Waals surface area contributed by atoms with Crippen LogP contribution in [0.4, 0.5) is 5.69 Å². The third-order valence-electron chi connectivity index (χ3n) is 5.34. The quantitative estimate of drug-likeness (QED) is 0.845. The monoisotopic (exact) mass is 359 g/mol. The number of nitrogens with zero attached hydrogens (tertiary/aromatic N) is 2. The van der Waals surface area contributed by atoms with Crippen molar-refractivity contribution in [2.45, 2.75) is 39.2 Å². The summed E-state index contributed by atoms with van der Waals surface area (Å²) in [5.74, 6) is 0.999. The molecule has 2 amide bonds. The predicted octanol–water partition coefficient (Wildman–Crippen LogP) is 2.14. The Kier molecular flexibility index (Phi) is 5.81. The van der Waals surface area contributed by atoms with Crippen molar-refractivity contribution in [3.05, 3.63) is 23.8 Å². The largest absolute Gasteiger partial charge is 0.482 e. The molecule has 0 aromatic heterocycles. The van der Waals surface area contributed by atoms with Gasteiger partial charge in [-0.2, -0.15) is 0 Å². The first-order valence-corrected chi connectivity index (χ1v) is 9.47. The van der Waals surface area contributed by atoms with Crippen LogP contribution in [-0.2, 0) is 16.0 Å². The average Bonchev–Trinajstić information content (AvgIpc) is 3.11. The van der Waals surface area contributed by atoms with Gasteiger partial charge in [-0.3, -0.25) is 9.59 Å². The van der Waals surface area contributed by atoms with Crippen molar-refractivity contribution in [2.75, 3.05) is 38.6 Å². The topological polar surface area (TPSA) is 61.9 Å². The second-order valence-corrected chi connectivity index (χ2v) is 7.67. The van der Waals surface area contributed by atoms with Gasteiger partial charge in [0.2, 0.25) is 5.91 Å². The first kappa shape index (κ1) is 18.7. The molecular weight excluding hydrogens is 330 g/mol. The molecule has 1 fully saturated rings. The van der Waals surface area contributed by atoms with Crippen LogP contribution in [0.1, 0.15) is 32.3 Å². The average molecular weight is 359 g/mol. The lowest BCUT2D eigenvalue weighted by Gasteiger charge is -2.34. The number of fused-ring (bicyclic) bond motifs is 1. The van der Waals surface area contributed by atoms with Crippen LogP contribution < -0.4 is 10.1 Å². The van der Waals surface area contributed by atoms with E-state index in [4.69, 9.17) is 4.74 Å². The normalized spacial score (nSPS) is 18.2. The molecular formula is C20H29N3O3. The maximum absolute atomic E-state index is 12.9. The van der Waals surface area contributed by atoms with Crippen molar-refractivity contribution in [3.8, 4) is 5.75 Å². The molecule has 142 valence electrons. The molecule has 1 saturated heterocycles. The number of likely N-dealkylation sites (N-methyl/N-ethyl adjacent to an activating group) is 1. The van der Waals surface area contributed by atoms with E-state index >= 15 is 0 Å². The van der Waals surface area contributed by atoms with E-state index in [2.05, 4.69) is 24.1 Å². The summed E-state index contributed by atoms with van der Waals surface area (Å²) >= 11 is 0. The highest BCUT2D eigenvalue weighted by molar-refractivity contribution is 5.95. The highest BCUT2D eigenvalue weighted by atomic mass is 16.5. The summed E-state index contributed by atoms with van der Waals surface area (Å²) in [6.45, 7) is 7.60. The number of carbonyl (C=O) groups is 2. The van der Waals surface area contributed by atoms with E-state index < -0.39 is 0 Å². The van der Waals surface area contributed by atoms with Gasteiger partial charge in [-0.15, -0.1) is 0 Å². The fourth-order valence-corrected chi connectivity index (χ4v) is 3.73. The van der Waals surface area contributed by atoms with Crippen LogP contribution in [0.5, 0.6) is 5.75 Å². The second kappa shape index (κ2) is 8.08. The number of hydrogen-bond acceptors (Lipinski definition) is 4. The van der Waals surface area contributed by atoms with E-state index in [-0.39, 0.29) is 24.5 Å². The van der Waals surface area contributed by atoms with Crippen LogP contribution in [0, 0.1) is 5.92 Å². The minimum absolute atomic E-state index is 0.0422. The molecule has 2 heterocycles. The van der Waals surface area contributed by atoms with Gasteiger partial charge >= 0.3 is 0 Å². The maximum Gasteiger partial charge on any atom is 0.262 e. The van der Waals surface area contributed by atoms with Crippen molar-refractivity contribution in [1.82, 2.24) is 9.80 Å². The van der Waals surface area contributed by atoms with Crippen LogP contribution in [-0.4, -0.2) is 60.9 Å². The van der Waals surface area contributed by atoms with E-state index in [1.165, 1.54) is 12.8 Å². The summed E-state index contributed by atoms with van der Waals surface area (Å²) < 4.78 is 5.37. The lowest BCUT2D eigenvalue weighted by molar-refractivity contribution is -0.132. The number of carbonyl (C=O) groups excluding carboxylic acids is 2. The number of hydrogen-bond donors (Lipinski definition) is 1. The van der Waals surface area contributed by atoms with Crippen LogP contribution in [0.15, 0.2) is 18.2 Å². The van der Waals surface area contributed by atoms with Crippen LogP contribution in [0.2, 0.25) is 0 Å². The first-order chi connectivity index (χ1) is 12.4. The van der Waals surface area contributed by atoms with Gasteiger partial charge in [0.25, 0.3) is 5.91 Å².